The summed E-state index contributed by atoms with van der Waals surface area (Å²) in [6.45, 7) is 2.00. The van der Waals surface area contributed by atoms with Gasteiger partial charge in [0.05, 0.1) is 0 Å². The second-order valence-corrected chi connectivity index (χ2v) is 2.05. The van der Waals surface area contributed by atoms with Gasteiger partial charge in [-0.15, -0.1) is 0 Å². The Balaban J connectivity index is 0. The Morgan fingerprint density at radius 1 is 0.600 bits per heavy atom. The summed E-state index contributed by atoms with van der Waals surface area (Å²) in [5, 5.41) is 0. The van der Waals surface area contributed by atoms with E-state index in [-0.39, 0.29) is 20.4 Å². The van der Waals surface area contributed by atoms with Gasteiger partial charge in [-0.25, -0.2) is 0 Å². The number of aromatic nitrogens is 2. The monoisotopic (exact) mass is 294 g/mol. The number of carbonyl (C=O) groups excluding carboxylic acids is 1. The van der Waals surface area contributed by atoms with E-state index >= 15 is 0 Å². The number of rotatable bonds is 0. The van der Waals surface area contributed by atoms with Crippen LogP contribution in [-0.4, -0.2) is 16.8 Å². The molecule has 3 nitrogen and oxygen atoms in total. The first kappa shape index (κ1) is 16.1. The van der Waals surface area contributed by atoms with Crippen molar-refractivity contribution in [2.24, 2.45) is 0 Å². The van der Waals surface area contributed by atoms with Crippen LogP contribution in [0.25, 0.3) is 0 Å². The summed E-state index contributed by atoms with van der Waals surface area (Å²) in [5.74, 6) is 0. The summed E-state index contributed by atoms with van der Waals surface area (Å²) in [4.78, 5) is 15.6. The standard InChI is InChI=1S/2C5H5N.CH2O.Pd/c2*1-2-4-6-5-3-1;1-2;/h2*1-5H;1H2;. The van der Waals surface area contributed by atoms with Crippen molar-refractivity contribution in [2.75, 3.05) is 0 Å². The van der Waals surface area contributed by atoms with Gasteiger partial charge in [0.1, 0.15) is 6.79 Å². The normalized spacial score (nSPS) is 6.67. The minimum Gasteiger partial charge on any atom is -0.307 e. The summed E-state index contributed by atoms with van der Waals surface area (Å²) in [5.41, 5.74) is 0. The van der Waals surface area contributed by atoms with Gasteiger partial charge in [-0.1, -0.05) is 12.1 Å². The van der Waals surface area contributed by atoms with Crippen molar-refractivity contribution in [2.45, 2.75) is 0 Å². The fraction of sp³-hybridized carbons (Fsp3) is 0. The minimum atomic E-state index is 0. The molecule has 0 fully saturated rings. The molecule has 15 heavy (non-hydrogen) atoms. The van der Waals surface area contributed by atoms with Gasteiger partial charge in [-0.05, 0) is 24.3 Å². The van der Waals surface area contributed by atoms with Crippen LogP contribution < -0.4 is 0 Å². The van der Waals surface area contributed by atoms with Crippen LogP contribution in [0.1, 0.15) is 0 Å². The van der Waals surface area contributed by atoms with Gasteiger partial charge in [0.25, 0.3) is 0 Å². The van der Waals surface area contributed by atoms with E-state index in [9.17, 15) is 0 Å². The topological polar surface area (TPSA) is 42.9 Å². The summed E-state index contributed by atoms with van der Waals surface area (Å²) in [7, 11) is 0. The fourth-order valence-corrected chi connectivity index (χ4v) is 0.625. The van der Waals surface area contributed by atoms with Crippen LogP contribution >= 0.6 is 0 Å². The predicted octanol–water partition coefficient (Wildman–Crippen LogP) is 1.98. The van der Waals surface area contributed by atoms with E-state index in [1.807, 2.05) is 43.2 Å². The number of pyridine rings is 2. The van der Waals surface area contributed by atoms with Crippen molar-refractivity contribution in [3.8, 4) is 0 Å². The molecule has 0 unspecified atom stereocenters. The van der Waals surface area contributed by atoms with E-state index < -0.39 is 0 Å². The molecule has 0 saturated carbocycles. The van der Waals surface area contributed by atoms with E-state index in [2.05, 4.69) is 9.97 Å². The molecule has 0 aliphatic rings. The number of hydrogen-bond acceptors (Lipinski definition) is 3. The quantitative estimate of drug-likeness (QED) is 0.698. The third-order valence-electron chi connectivity index (χ3n) is 1.13. The third-order valence-corrected chi connectivity index (χ3v) is 1.13. The molecule has 0 saturated heterocycles. The van der Waals surface area contributed by atoms with Gasteiger partial charge in [0, 0.05) is 45.2 Å². The van der Waals surface area contributed by atoms with E-state index in [0.29, 0.717) is 0 Å². The van der Waals surface area contributed by atoms with Gasteiger partial charge in [-0.2, -0.15) is 0 Å². The van der Waals surface area contributed by atoms with Crippen molar-refractivity contribution < 1.29 is 25.2 Å². The Morgan fingerprint density at radius 2 is 0.867 bits per heavy atom. The number of hydrogen-bond donors (Lipinski definition) is 0. The molecule has 0 spiro atoms. The Morgan fingerprint density at radius 3 is 0.933 bits per heavy atom. The van der Waals surface area contributed by atoms with Gasteiger partial charge in [-0.3, -0.25) is 9.97 Å². The van der Waals surface area contributed by atoms with Crippen LogP contribution in [-0.2, 0) is 25.2 Å². The van der Waals surface area contributed by atoms with Gasteiger partial charge >= 0.3 is 0 Å². The van der Waals surface area contributed by atoms with Gasteiger partial charge < -0.3 is 4.79 Å². The van der Waals surface area contributed by atoms with Crippen LogP contribution in [0.3, 0.4) is 0 Å². The fourth-order valence-electron chi connectivity index (χ4n) is 0.625. The van der Waals surface area contributed by atoms with Crippen LogP contribution in [0.4, 0.5) is 0 Å². The van der Waals surface area contributed by atoms with E-state index in [0.717, 1.165) is 0 Å². The summed E-state index contributed by atoms with van der Waals surface area (Å²) in [6.07, 6.45) is 7.00. The maximum Gasteiger partial charge on any atom is 0.106 e. The van der Waals surface area contributed by atoms with Crippen LogP contribution in [0.15, 0.2) is 61.2 Å². The van der Waals surface area contributed by atoms with E-state index in [1.54, 1.807) is 24.8 Å². The van der Waals surface area contributed by atoms with Crippen molar-refractivity contribution in [3.63, 3.8) is 0 Å². The molecule has 0 bridgehead atoms. The molecule has 0 N–H and O–H groups in total. The Labute approximate surface area is 103 Å². The van der Waals surface area contributed by atoms with Crippen molar-refractivity contribution in [3.05, 3.63) is 61.2 Å². The Bertz CT molecular complexity index is 207. The summed E-state index contributed by atoms with van der Waals surface area (Å²) < 4.78 is 0. The minimum absolute atomic E-state index is 0. The molecular weight excluding hydrogens is 283 g/mol. The van der Waals surface area contributed by atoms with Gasteiger partial charge in [0.2, 0.25) is 0 Å². The zero-order valence-electron chi connectivity index (χ0n) is 8.10. The summed E-state index contributed by atoms with van der Waals surface area (Å²) >= 11 is 0. The van der Waals surface area contributed by atoms with Crippen molar-refractivity contribution in [1.82, 2.24) is 9.97 Å². The Kier molecular flexibility index (Phi) is 16.2. The maximum absolute atomic E-state index is 8.00. The molecule has 0 aliphatic heterocycles. The average molecular weight is 295 g/mol. The molecule has 82 valence electrons. The Hall–Kier alpha value is -1.37. The molecule has 2 aromatic rings. The van der Waals surface area contributed by atoms with Crippen LogP contribution in [0.2, 0.25) is 0 Å². The number of carbonyl (C=O) groups is 1. The van der Waals surface area contributed by atoms with Crippen LogP contribution in [0, 0.1) is 0 Å². The molecule has 0 amide bonds. The first-order valence-electron chi connectivity index (χ1n) is 3.99. The first-order chi connectivity index (χ1) is 7.00. The predicted molar refractivity (Wildman–Crippen MR) is 55.6 cm³/mol. The molecule has 2 aromatic heterocycles. The molecule has 0 aliphatic carbocycles. The molecule has 0 aromatic carbocycles. The molecule has 0 atom stereocenters. The maximum atomic E-state index is 8.00. The van der Waals surface area contributed by atoms with E-state index in [4.69, 9.17) is 4.79 Å². The molecular formula is C11H12N2OPd. The zero-order valence-corrected chi connectivity index (χ0v) is 9.65. The smallest absolute Gasteiger partial charge is 0.106 e. The molecule has 4 heteroatoms. The second-order valence-electron chi connectivity index (χ2n) is 2.05. The van der Waals surface area contributed by atoms with Crippen LogP contribution in [0.5, 0.6) is 0 Å². The van der Waals surface area contributed by atoms with Crippen molar-refractivity contribution in [1.29, 1.82) is 0 Å². The van der Waals surface area contributed by atoms with Crippen molar-refractivity contribution >= 4 is 6.79 Å². The summed E-state index contributed by atoms with van der Waals surface area (Å²) in [6, 6.07) is 11.4. The first-order valence-corrected chi connectivity index (χ1v) is 3.99. The molecule has 0 radical (unpaired) electrons. The third kappa shape index (κ3) is 12.6. The second kappa shape index (κ2) is 15.1. The average Bonchev–Trinajstić information content (AvgIpc) is 2.37. The molecule has 2 rings (SSSR count). The zero-order chi connectivity index (χ0) is 10.5. The molecule has 2 heterocycles. The van der Waals surface area contributed by atoms with Gasteiger partial charge in [0.15, 0.2) is 0 Å². The largest absolute Gasteiger partial charge is 0.307 e. The van der Waals surface area contributed by atoms with E-state index in [1.165, 1.54) is 0 Å². The number of nitrogens with zero attached hydrogens (tertiary/aromatic N) is 2. The SMILES string of the molecule is C=O.[Pd].c1ccncc1.c1ccncc1.